The van der Waals surface area contributed by atoms with Gasteiger partial charge in [0.1, 0.15) is 0 Å². The fraction of sp³-hybridized carbons (Fsp3) is 0. The molecule has 0 aliphatic rings. The summed E-state index contributed by atoms with van der Waals surface area (Å²) in [5, 5.41) is 10.6. The van der Waals surface area contributed by atoms with Gasteiger partial charge in [0, 0.05) is 23.3 Å². The van der Waals surface area contributed by atoms with Gasteiger partial charge in [0.2, 0.25) is 0 Å². The molecule has 21 heavy (non-hydrogen) atoms. The lowest BCUT2D eigenvalue weighted by atomic mass is 10.0. The van der Waals surface area contributed by atoms with Crippen LogP contribution in [-0.4, -0.2) is 15.8 Å². The summed E-state index contributed by atoms with van der Waals surface area (Å²) in [5.41, 5.74) is 10.0. The third kappa shape index (κ3) is 5.37. The van der Waals surface area contributed by atoms with E-state index in [0.29, 0.717) is 11.1 Å². The van der Waals surface area contributed by atoms with Crippen LogP contribution in [0.25, 0.3) is 0 Å². The number of carbonyl (C=O) groups is 1. The SMILES string of the molecule is NC(N)=S.O=C(c1ccccc1)c1cccc([N+](=O)[O-])c1. The number of nitro benzene ring substituents is 1. The van der Waals surface area contributed by atoms with Crippen molar-refractivity contribution in [1.82, 2.24) is 0 Å². The minimum Gasteiger partial charge on any atom is -0.377 e. The monoisotopic (exact) mass is 303 g/mol. The summed E-state index contributed by atoms with van der Waals surface area (Å²) in [7, 11) is 0. The highest BCUT2D eigenvalue weighted by Crippen LogP contribution is 2.16. The molecule has 0 radical (unpaired) electrons. The Bertz CT molecular complexity index is 656. The van der Waals surface area contributed by atoms with Crippen LogP contribution in [0.3, 0.4) is 0 Å². The first kappa shape index (κ1) is 16.3. The van der Waals surface area contributed by atoms with Crippen LogP contribution in [-0.2, 0) is 0 Å². The zero-order valence-electron chi connectivity index (χ0n) is 10.9. The van der Waals surface area contributed by atoms with Crippen molar-refractivity contribution >= 4 is 28.8 Å². The molecule has 0 heterocycles. The van der Waals surface area contributed by atoms with Crippen molar-refractivity contribution in [3.8, 4) is 0 Å². The van der Waals surface area contributed by atoms with E-state index in [1.807, 2.05) is 6.07 Å². The van der Waals surface area contributed by atoms with Gasteiger partial charge in [0.05, 0.1) is 4.92 Å². The molecule has 4 N–H and O–H groups in total. The maximum Gasteiger partial charge on any atom is 0.270 e. The molecule has 0 aliphatic heterocycles. The smallest absolute Gasteiger partial charge is 0.270 e. The van der Waals surface area contributed by atoms with Gasteiger partial charge in [-0.25, -0.2) is 0 Å². The van der Waals surface area contributed by atoms with Crippen LogP contribution < -0.4 is 11.5 Å². The van der Waals surface area contributed by atoms with Crippen LogP contribution in [0.4, 0.5) is 5.69 Å². The summed E-state index contributed by atoms with van der Waals surface area (Å²) in [6, 6.07) is 14.4. The minimum atomic E-state index is -0.512. The third-order valence-corrected chi connectivity index (χ3v) is 2.36. The predicted molar refractivity (Wildman–Crippen MR) is 83.9 cm³/mol. The minimum absolute atomic E-state index is 0.000000000000000222. The average molecular weight is 303 g/mol. The Balaban J connectivity index is 0.000000491. The Kier molecular flexibility index (Phi) is 5.97. The molecular weight excluding hydrogens is 290 g/mol. The molecule has 0 aliphatic carbocycles. The lowest BCUT2D eigenvalue weighted by Gasteiger charge is -2.00. The lowest BCUT2D eigenvalue weighted by Crippen LogP contribution is -2.18. The van der Waals surface area contributed by atoms with E-state index in [0.717, 1.165) is 0 Å². The summed E-state index contributed by atoms with van der Waals surface area (Å²) >= 11 is 4.09. The quantitative estimate of drug-likeness (QED) is 0.388. The van der Waals surface area contributed by atoms with E-state index in [4.69, 9.17) is 0 Å². The van der Waals surface area contributed by atoms with Crippen LogP contribution >= 0.6 is 12.2 Å². The molecule has 0 saturated heterocycles. The van der Waals surface area contributed by atoms with Crippen molar-refractivity contribution in [3.05, 3.63) is 75.8 Å². The first-order valence-corrected chi connectivity index (χ1v) is 6.21. The highest BCUT2D eigenvalue weighted by atomic mass is 32.1. The normalized spacial score (nSPS) is 9.14. The van der Waals surface area contributed by atoms with Crippen molar-refractivity contribution in [2.24, 2.45) is 11.5 Å². The largest absolute Gasteiger partial charge is 0.377 e. The standard InChI is InChI=1S/C13H9NO3.CH4N2S/c15-13(10-5-2-1-3-6-10)11-7-4-8-12(9-11)14(16)17;2-1(3)4/h1-9H;(H4,2,3,4). The molecule has 6 nitrogen and oxygen atoms in total. The van der Waals surface area contributed by atoms with Crippen LogP contribution in [0.15, 0.2) is 54.6 Å². The number of rotatable bonds is 3. The zero-order chi connectivity index (χ0) is 15.8. The Morgan fingerprint density at radius 2 is 1.52 bits per heavy atom. The van der Waals surface area contributed by atoms with Crippen molar-refractivity contribution in [2.45, 2.75) is 0 Å². The van der Waals surface area contributed by atoms with E-state index in [1.165, 1.54) is 18.2 Å². The topological polar surface area (TPSA) is 112 Å². The van der Waals surface area contributed by atoms with E-state index in [1.54, 1.807) is 30.3 Å². The predicted octanol–water partition coefficient (Wildman–Crippen LogP) is 2.01. The summed E-state index contributed by atoms with van der Waals surface area (Å²) in [6.45, 7) is 0. The first-order valence-electron chi connectivity index (χ1n) is 5.81. The van der Waals surface area contributed by atoms with Gasteiger partial charge < -0.3 is 11.5 Å². The average Bonchev–Trinajstić information content (AvgIpc) is 2.47. The maximum absolute atomic E-state index is 12.0. The molecule has 0 atom stereocenters. The number of hydrogen-bond acceptors (Lipinski definition) is 4. The number of nitrogens with zero attached hydrogens (tertiary/aromatic N) is 1. The fourth-order valence-corrected chi connectivity index (χ4v) is 1.52. The Hall–Kier alpha value is -2.80. The first-order chi connectivity index (χ1) is 9.91. The lowest BCUT2D eigenvalue weighted by molar-refractivity contribution is -0.384. The number of thiocarbonyl (C=S) groups is 1. The van der Waals surface area contributed by atoms with Crippen LogP contribution in [0.5, 0.6) is 0 Å². The van der Waals surface area contributed by atoms with Crippen molar-refractivity contribution in [1.29, 1.82) is 0 Å². The van der Waals surface area contributed by atoms with Crippen LogP contribution in [0.1, 0.15) is 15.9 Å². The molecule has 7 heteroatoms. The highest BCUT2D eigenvalue weighted by Gasteiger charge is 2.12. The molecule has 0 amide bonds. The molecule has 0 aromatic heterocycles. The highest BCUT2D eigenvalue weighted by molar-refractivity contribution is 7.80. The van der Waals surface area contributed by atoms with Gasteiger partial charge in [-0.15, -0.1) is 0 Å². The molecule has 0 saturated carbocycles. The number of non-ortho nitro benzene ring substituents is 1. The summed E-state index contributed by atoms with van der Waals surface area (Å²) in [4.78, 5) is 22.1. The Labute approximate surface area is 126 Å². The fourth-order valence-electron chi connectivity index (χ4n) is 1.52. The molecule has 2 aromatic carbocycles. The zero-order valence-corrected chi connectivity index (χ0v) is 11.7. The molecule has 2 aromatic rings. The summed E-state index contributed by atoms with van der Waals surface area (Å²) in [6.07, 6.45) is 0. The van der Waals surface area contributed by atoms with Crippen molar-refractivity contribution in [3.63, 3.8) is 0 Å². The van der Waals surface area contributed by atoms with Gasteiger partial charge in [-0.3, -0.25) is 14.9 Å². The second kappa shape index (κ2) is 7.71. The van der Waals surface area contributed by atoms with Gasteiger partial charge in [0.15, 0.2) is 10.9 Å². The van der Waals surface area contributed by atoms with Gasteiger partial charge in [-0.05, 0) is 12.2 Å². The Morgan fingerprint density at radius 1 is 1.00 bits per heavy atom. The third-order valence-electron chi connectivity index (χ3n) is 2.36. The molecule has 0 unspecified atom stereocenters. The van der Waals surface area contributed by atoms with E-state index in [-0.39, 0.29) is 16.6 Å². The van der Waals surface area contributed by atoms with E-state index in [9.17, 15) is 14.9 Å². The van der Waals surface area contributed by atoms with E-state index in [2.05, 4.69) is 23.7 Å². The molecule has 0 bridgehead atoms. The molecule has 108 valence electrons. The maximum atomic E-state index is 12.0. The number of benzene rings is 2. The molecular formula is C14H13N3O3S. The number of nitro groups is 1. The summed E-state index contributed by atoms with van der Waals surface area (Å²) in [5.74, 6) is -0.214. The number of carbonyl (C=O) groups excluding carboxylic acids is 1. The van der Waals surface area contributed by atoms with Gasteiger partial charge in [-0.1, -0.05) is 42.5 Å². The summed E-state index contributed by atoms with van der Waals surface area (Å²) < 4.78 is 0. The molecule has 0 spiro atoms. The van der Waals surface area contributed by atoms with Gasteiger partial charge >= 0.3 is 0 Å². The van der Waals surface area contributed by atoms with Gasteiger partial charge in [-0.2, -0.15) is 0 Å². The van der Waals surface area contributed by atoms with Crippen LogP contribution in [0.2, 0.25) is 0 Å². The molecule has 0 fully saturated rings. The van der Waals surface area contributed by atoms with Crippen LogP contribution in [0, 0.1) is 10.1 Å². The van der Waals surface area contributed by atoms with E-state index >= 15 is 0 Å². The molecule has 2 rings (SSSR count). The van der Waals surface area contributed by atoms with Gasteiger partial charge in [0.25, 0.3) is 5.69 Å². The van der Waals surface area contributed by atoms with Crippen molar-refractivity contribution < 1.29 is 9.72 Å². The number of hydrogen-bond donors (Lipinski definition) is 2. The second-order valence-electron chi connectivity index (χ2n) is 3.90. The van der Waals surface area contributed by atoms with E-state index < -0.39 is 4.92 Å². The van der Waals surface area contributed by atoms with Crippen molar-refractivity contribution in [2.75, 3.05) is 0 Å². The number of nitrogens with two attached hydrogens (primary N) is 2. The number of ketones is 1. The Morgan fingerprint density at radius 3 is 2.05 bits per heavy atom. The second-order valence-corrected chi connectivity index (χ2v) is 4.38.